The molecule has 0 aromatic heterocycles. The van der Waals surface area contributed by atoms with Gasteiger partial charge in [-0.1, -0.05) is 6.07 Å². The lowest BCUT2D eigenvalue weighted by atomic mass is 9.91. The predicted octanol–water partition coefficient (Wildman–Crippen LogP) is 2.41. The minimum Gasteiger partial charge on any atom is -0.454 e. The van der Waals surface area contributed by atoms with E-state index in [9.17, 15) is 13.2 Å². The second kappa shape index (κ2) is 3.80. The van der Waals surface area contributed by atoms with Crippen LogP contribution in [0.1, 0.15) is 12.5 Å². The van der Waals surface area contributed by atoms with E-state index in [2.05, 4.69) is 5.32 Å². The van der Waals surface area contributed by atoms with Gasteiger partial charge in [-0.05, 0) is 31.7 Å². The first-order valence-corrected chi connectivity index (χ1v) is 5.04. The van der Waals surface area contributed by atoms with Gasteiger partial charge in [0.05, 0.1) is 0 Å². The highest BCUT2D eigenvalue weighted by Gasteiger charge is 2.51. The monoisotopic (exact) mass is 247 g/mol. The Bertz CT molecular complexity index is 433. The Hall–Kier alpha value is -1.43. The first-order chi connectivity index (χ1) is 7.88. The number of fused-ring (bicyclic) bond motifs is 1. The van der Waals surface area contributed by atoms with E-state index in [1.807, 2.05) is 0 Å². The Kier molecular flexibility index (Phi) is 2.69. The number of rotatable bonds is 2. The molecule has 0 fully saturated rings. The highest BCUT2D eigenvalue weighted by atomic mass is 19.4. The molecule has 0 bridgehead atoms. The Morgan fingerprint density at radius 1 is 1.18 bits per heavy atom. The highest BCUT2D eigenvalue weighted by molar-refractivity contribution is 5.46. The van der Waals surface area contributed by atoms with Crippen LogP contribution in [0.3, 0.4) is 0 Å². The van der Waals surface area contributed by atoms with Gasteiger partial charge in [-0.15, -0.1) is 0 Å². The molecule has 1 aromatic carbocycles. The molecule has 94 valence electrons. The zero-order chi connectivity index (χ0) is 12.7. The second-order valence-electron chi connectivity index (χ2n) is 3.94. The van der Waals surface area contributed by atoms with Crippen LogP contribution in [-0.4, -0.2) is 20.0 Å². The summed E-state index contributed by atoms with van der Waals surface area (Å²) in [6.07, 6.45) is -4.39. The van der Waals surface area contributed by atoms with E-state index in [-0.39, 0.29) is 12.4 Å². The van der Waals surface area contributed by atoms with Crippen molar-refractivity contribution in [1.82, 2.24) is 5.32 Å². The van der Waals surface area contributed by atoms with Crippen molar-refractivity contribution in [3.05, 3.63) is 23.8 Å². The summed E-state index contributed by atoms with van der Waals surface area (Å²) in [5.74, 6) is 0.808. The summed E-state index contributed by atoms with van der Waals surface area (Å²) in [6.45, 7) is 1.13. The van der Waals surface area contributed by atoms with Gasteiger partial charge >= 0.3 is 6.18 Å². The third kappa shape index (κ3) is 1.82. The second-order valence-corrected chi connectivity index (χ2v) is 3.94. The fourth-order valence-corrected chi connectivity index (χ4v) is 1.66. The van der Waals surface area contributed by atoms with Gasteiger partial charge in [0.2, 0.25) is 6.79 Å². The largest absolute Gasteiger partial charge is 0.454 e. The fraction of sp³-hybridized carbons (Fsp3) is 0.455. The molecule has 17 heavy (non-hydrogen) atoms. The van der Waals surface area contributed by atoms with Crippen LogP contribution in [0.2, 0.25) is 0 Å². The third-order valence-electron chi connectivity index (χ3n) is 3.02. The highest BCUT2D eigenvalue weighted by Crippen LogP contribution is 2.42. The SMILES string of the molecule is CNC(C)(c1ccc2c(c1)OCO2)C(F)(F)F. The first kappa shape index (κ1) is 12.0. The van der Waals surface area contributed by atoms with Crippen molar-refractivity contribution in [3.63, 3.8) is 0 Å². The predicted molar refractivity (Wildman–Crippen MR) is 55.0 cm³/mol. The number of halogens is 3. The maximum Gasteiger partial charge on any atom is 0.410 e. The lowest BCUT2D eigenvalue weighted by Crippen LogP contribution is -2.49. The Morgan fingerprint density at radius 3 is 2.41 bits per heavy atom. The van der Waals surface area contributed by atoms with Crippen LogP contribution in [0.25, 0.3) is 0 Å². The average Bonchev–Trinajstić information content (AvgIpc) is 2.73. The minimum atomic E-state index is -4.39. The lowest BCUT2D eigenvalue weighted by molar-refractivity contribution is -0.193. The number of nitrogens with one attached hydrogen (secondary N) is 1. The molecule has 0 saturated heterocycles. The van der Waals surface area contributed by atoms with E-state index < -0.39 is 11.7 Å². The molecule has 1 aromatic rings. The van der Waals surface area contributed by atoms with E-state index in [4.69, 9.17) is 9.47 Å². The Morgan fingerprint density at radius 2 is 1.82 bits per heavy atom. The Labute approximate surface area is 96.5 Å². The van der Waals surface area contributed by atoms with Gasteiger partial charge in [0.15, 0.2) is 11.5 Å². The van der Waals surface area contributed by atoms with E-state index in [1.54, 1.807) is 0 Å². The number of hydrogen-bond acceptors (Lipinski definition) is 3. The molecule has 6 heteroatoms. The number of benzene rings is 1. The summed E-state index contributed by atoms with van der Waals surface area (Å²) in [6, 6.07) is 4.23. The summed E-state index contributed by atoms with van der Waals surface area (Å²) in [5.41, 5.74) is -2.01. The van der Waals surface area contributed by atoms with Crippen molar-refractivity contribution in [3.8, 4) is 11.5 Å². The lowest BCUT2D eigenvalue weighted by Gasteiger charge is -2.32. The van der Waals surface area contributed by atoms with E-state index in [1.165, 1.54) is 25.2 Å². The van der Waals surface area contributed by atoms with E-state index >= 15 is 0 Å². The zero-order valence-electron chi connectivity index (χ0n) is 9.39. The molecule has 1 aliphatic heterocycles. The van der Waals surface area contributed by atoms with Crippen molar-refractivity contribution in [2.75, 3.05) is 13.8 Å². The smallest absolute Gasteiger partial charge is 0.410 e. The van der Waals surface area contributed by atoms with Gasteiger partial charge in [-0.25, -0.2) is 0 Å². The molecule has 0 aliphatic carbocycles. The fourth-order valence-electron chi connectivity index (χ4n) is 1.66. The molecule has 0 spiro atoms. The summed E-state index contributed by atoms with van der Waals surface area (Å²) in [5, 5.41) is 2.30. The van der Waals surface area contributed by atoms with Gasteiger partial charge in [0.1, 0.15) is 5.54 Å². The standard InChI is InChI=1S/C11H12F3NO2/c1-10(15-2,11(12,13)14)7-3-4-8-9(5-7)17-6-16-8/h3-5,15H,6H2,1-2H3. The zero-order valence-corrected chi connectivity index (χ0v) is 9.39. The van der Waals surface area contributed by atoms with Gasteiger partial charge in [-0.3, -0.25) is 0 Å². The maximum absolute atomic E-state index is 13.0. The average molecular weight is 247 g/mol. The molecule has 3 nitrogen and oxygen atoms in total. The van der Waals surface area contributed by atoms with E-state index in [0.717, 1.165) is 6.92 Å². The van der Waals surface area contributed by atoms with Crippen LogP contribution in [0.4, 0.5) is 13.2 Å². The number of hydrogen-bond donors (Lipinski definition) is 1. The molecule has 0 radical (unpaired) electrons. The molecule has 1 N–H and O–H groups in total. The topological polar surface area (TPSA) is 30.5 Å². The van der Waals surface area contributed by atoms with E-state index in [0.29, 0.717) is 11.5 Å². The van der Waals surface area contributed by atoms with Crippen LogP contribution in [-0.2, 0) is 5.54 Å². The summed E-state index contributed by atoms with van der Waals surface area (Å²) >= 11 is 0. The first-order valence-electron chi connectivity index (χ1n) is 5.04. The van der Waals surface area contributed by atoms with Crippen molar-refractivity contribution in [1.29, 1.82) is 0 Å². The van der Waals surface area contributed by atoms with Gasteiger partial charge in [-0.2, -0.15) is 13.2 Å². The van der Waals surface area contributed by atoms with Crippen molar-refractivity contribution in [2.24, 2.45) is 0 Å². The van der Waals surface area contributed by atoms with Crippen LogP contribution in [0.5, 0.6) is 11.5 Å². The Balaban J connectivity index is 2.45. The quantitative estimate of drug-likeness (QED) is 0.870. The van der Waals surface area contributed by atoms with Crippen molar-refractivity contribution >= 4 is 0 Å². The molecule has 1 atom stereocenters. The summed E-state index contributed by atoms with van der Waals surface area (Å²) in [4.78, 5) is 0. The summed E-state index contributed by atoms with van der Waals surface area (Å²) in [7, 11) is 1.28. The van der Waals surface area contributed by atoms with Crippen LogP contribution >= 0.6 is 0 Å². The van der Waals surface area contributed by atoms with Crippen molar-refractivity contribution < 1.29 is 22.6 Å². The number of alkyl halides is 3. The maximum atomic E-state index is 13.0. The van der Waals surface area contributed by atoms with Gasteiger partial charge in [0, 0.05) is 0 Å². The normalized spacial score (nSPS) is 17.9. The molecular formula is C11H12F3NO2. The molecule has 0 amide bonds. The molecular weight excluding hydrogens is 235 g/mol. The third-order valence-corrected chi connectivity index (χ3v) is 3.02. The molecule has 1 unspecified atom stereocenters. The number of ether oxygens (including phenoxy) is 2. The van der Waals surface area contributed by atoms with Gasteiger partial charge < -0.3 is 14.8 Å². The molecule has 2 rings (SSSR count). The van der Waals surface area contributed by atoms with Crippen LogP contribution in [0, 0.1) is 0 Å². The van der Waals surface area contributed by atoms with Crippen LogP contribution < -0.4 is 14.8 Å². The van der Waals surface area contributed by atoms with Crippen LogP contribution in [0.15, 0.2) is 18.2 Å². The van der Waals surface area contributed by atoms with Crippen molar-refractivity contribution in [2.45, 2.75) is 18.6 Å². The minimum absolute atomic E-state index is 0.0427. The molecule has 0 saturated carbocycles. The molecule has 1 aliphatic rings. The molecule has 1 heterocycles. The summed E-state index contributed by atoms with van der Waals surface area (Å²) < 4.78 is 49.2. The van der Waals surface area contributed by atoms with Gasteiger partial charge in [0.25, 0.3) is 0 Å².